The molecule has 1 aromatic rings. The van der Waals surface area contributed by atoms with Gasteiger partial charge in [0.15, 0.2) is 0 Å². The average Bonchev–Trinajstić information content (AvgIpc) is 3.10. The summed E-state index contributed by atoms with van der Waals surface area (Å²) < 4.78 is 0. The van der Waals surface area contributed by atoms with Crippen LogP contribution >= 0.6 is 0 Å². The van der Waals surface area contributed by atoms with E-state index in [-0.39, 0.29) is 5.54 Å². The Labute approximate surface area is 97.2 Å². The van der Waals surface area contributed by atoms with Crippen LogP contribution in [0.3, 0.4) is 0 Å². The van der Waals surface area contributed by atoms with Crippen LogP contribution < -0.4 is 11.1 Å². The minimum absolute atomic E-state index is 0.0168. The first-order valence-electron chi connectivity index (χ1n) is 6.38. The average molecular weight is 216 g/mol. The van der Waals surface area contributed by atoms with Gasteiger partial charge in [-0.1, -0.05) is 24.3 Å². The maximum atomic E-state index is 6.25. The minimum atomic E-state index is 0.0168. The minimum Gasteiger partial charge on any atom is -0.321 e. The zero-order valence-electron chi connectivity index (χ0n) is 9.71. The monoisotopic (exact) mass is 216 g/mol. The van der Waals surface area contributed by atoms with E-state index in [0.717, 1.165) is 31.8 Å². The van der Waals surface area contributed by atoms with E-state index in [1.54, 1.807) is 0 Å². The van der Waals surface area contributed by atoms with Gasteiger partial charge in [-0.05, 0) is 55.8 Å². The molecule has 0 radical (unpaired) electrons. The fourth-order valence-corrected chi connectivity index (χ4v) is 2.68. The Morgan fingerprint density at radius 3 is 2.62 bits per heavy atom. The maximum Gasteiger partial charge on any atom is 0.0411 e. The summed E-state index contributed by atoms with van der Waals surface area (Å²) in [6.07, 6.45) is 4.84. The molecule has 0 spiro atoms. The van der Waals surface area contributed by atoms with Crippen molar-refractivity contribution in [2.24, 2.45) is 5.73 Å². The van der Waals surface area contributed by atoms with Crippen molar-refractivity contribution in [1.29, 1.82) is 0 Å². The molecule has 1 heterocycles. The van der Waals surface area contributed by atoms with E-state index >= 15 is 0 Å². The predicted octanol–water partition coefficient (Wildman–Crippen LogP) is 2.10. The van der Waals surface area contributed by atoms with E-state index in [9.17, 15) is 0 Å². The van der Waals surface area contributed by atoms with Crippen molar-refractivity contribution in [2.75, 3.05) is 13.1 Å². The smallest absolute Gasteiger partial charge is 0.0411 e. The molecular formula is C14H20N2. The summed E-state index contributed by atoms with van der Waals surface area (Å²) in [7, 11) is 0. The van der Waals surface area contributed by atoms with E-state index in [1.807, 2.05) is 0 Å². The Hall–Kier alpha value is -0.860. The SMILES string of the molecule is NC1(c2cccc(C3CCNCC3)c2)CC1. The number of piperidine rings is 1. The van der Waals surface area contributed by atoms with Crippen molar-refractivity contribution < 1.29 is 0 Å². The highest BCUT2D eigenvalue weighted by Crippen LogP contribution is 2.43. The van der Waals surface area contributed by atoms with Crippen molar-refractivity contribution in [1.82, 2.24) is 5.32 Å². The van der Waals surface area contributed by atoms with Crippen LogP contribution in [-0.2, 0) is 5.54 Å². The zero-order chi connectivity index (χ0) is 11.0. The molecule has 0 amide bonds. The van der Waals surface area contributed by atoms with Crippen molar-refractivity contribution >= 4 is 0 Å². The van der Waals surface area contributed by atoms with Gasteiger partial charge in [-0.15, -0.1) is 0 Å². The van der Waals surface area contributed by atoms with Crippen LogP contribution in [-0.4, -0.2) is 13.1 Å². The van der Waals surface area contributed by atoms with E-state index in [4.69, 9.17) is 5.73 Å². The fraction of sp³-hybridized carbons (Fsp3) is 0.571. The van der Waals surface area contributed by atoms with Gasteiger partial charge in [0.1, 0.15) is 0 Å². The summed E-state index contributed by atoms with van der Waals surface area (Å²) >= 11 is 0. The summed E-state index contributed by atoms with van der Waals surface area (Å²) in [5.74, 6) is 0.739. The summed E-state index contributed by atoms with van der Waals surface area (Å²) in [5, 5.41) is 3.42. The highest BCUT2D eigenvalue weighted by molar-refractivity contribution is 5.34. The van der Waals surface area contributed by atoms with Gasteiger partial charge in [0.05, 0.1) is 0 Å². The lowest BCUT2D eigenvalue weighted by Gasteiger charge is -2.24. The molecule has 0 unspecified atom stereocenters. The lowest BCUT2D eigenvalue weighted by atomic mass is 9.88. The van der Waals surface area contributed by atoms with E-state index in [2.05, 4.69) is 29.6 Å². The standard InChI is InChI=1S/C14H20N2/c15-14(6-7-14)13-3-1-2-12(10-13)11-4-8-16-9-5-11/h1-3,10-11,16H,4-9,15H2. The summed E-state index contributed by atoms with van der Waals surface area (Å²) in [5.41, 5.74) is 9.12. The quantitative estimate of drug-likeness (QED) is 0.794. The van der Waals surface area contributed by atoms with Gasteiger partial charge in [-0.25, -0.2) is 0 Å². The van der Waals surface area contributed by atoms with Crippen LogP contribution in [0, 0.1) is 0 Å². The lowest BCUT2D eigenvalue weighted by molar-refractivity contribution is 0.460. The molecule has 1 saturated heterocycles. The van der Waals surface area contributed by atoms with Crippen LogP contribution in [0.2, 0.25) is 0 Å². The number of benzene rings is 1. The molecule has 1 aliphatic heterocycles. The number of hydrogen-bond donors (Lipinski definition) is 2. The molecule has 86 valence electrons. The molecule has 2 fully saturated rings. The molecule has 3 rings (SSSR count). The molecule has 1 saturated carbocycles. The largest absolute Gasteiger partial charge is 0.321 e. The Balaban J connectivity index is 1.84. The van der Waals surface area contributed by atoms with Crippen molar-refractivity contribution in [2.45, 2.75) is 37.1 Å². The lowest BCUT2D eigenvalue weighted by Crippen LogP contribution is -2.27. The molecule has 1 aromatic carbocycles. The van der Waals surface area contributed by atoms with Crippen LogP contribution in [0.4, 0.5) is 0 Å². The van der Waals surface area contributed by atoms with Crippen molar-refractivity contribution in [3.8, 4) is 0 Å². The number of hydrogen-bond acceptors (Lipinski definition) is 2. The maximum absolute atomic E-state index is 6.25. The topological polar surface area (TPSA) is 38.0 Å². The first-order valence-corrected chi connectivity index (χ1v) is 6.38. The zero-order valence-corrected chi connectivity index (χ0v) is 9.71. The Bertz CT molecular complexity index is 376. The summed E-state index contributed by atoms with van der Waals surface area (Å²) in [6, 6.07) is 8.99. The number of nitrogens with two attached hydrogens (primary N) is 1. The van der Waals surface area contributed by atoms with Crippen molar-refractivity contribution in [3.63, 3.8) is 0 Å². The second-order valence-corrected chi connectivity index (χ2v) is 5.31. The molecule has 2 nitrogen and oxygen atoms in total. The van der Waals surface area contributed by atoms with E-state index < -0.39 is 0 Å². The van der Waals surface area contributed by atoms with Gasteiger partial charge in [0.25, 0.3) is 0 Å². The van der Waals surface area contributed by atoms with Gasteiger partial charge in [-0.3, -0.25) is 0 Å². The Morgan fingerprint density at radius 1 is 1.19 bits per heavy atom. The molecule has 2 heteroatoms. The van der Waals surface area contributed by atoms with E-state index in [0.29, 0.717) is 0 Å². The van der Waals surface area contributed by atoms with Crippen molar-refractivity contribution in [3.05, 3.63) is 35.4 Å². The highest BCUT2D eigenvalue weighted by Gasteiger charge is 2.40. The molecule has 16 heavy (non-hydrogen) atoms. The van der Waals surface area contributed by atoms with Crippen LogP contribution in [0.25, 0.3) is 0 Å². The third-order valence-electron chi connectivity index (χ3n) is 4.06. The second-order valence-electron chi connectivity index (χ2n) is 5.31. The Morgan fingerprint density at radius 2 is 1.94 bits per heavy atom. The Kier molecular flexibility index (Phi) is 2.49. The normalized spacial score (nSPS) is 24.3. The van der Waals surface area contributed by atoms with Crippen LogP contribution in [0.1, 0.15) is 42.7 Å². The second kappa shape index (κ2) is 3.86. The highest BCUT2D eigenvalue weighted by atomic mass is 14.9. The molecule has 3 N–H and O–H groups in total. The van der Waals surface area contributed by atoms with Gasteiger partial charge >= 0.3 is 0 Å². The van der Waals surface area contributed by atoms with E-state index in [1.165, 1.54) is 24.0 Å². The summed E-state index contributed by atoms with van der Waals surface area (Å²) in [4.78, 5) is 0. The van der Waals surface area contributed by atoms with Gasteiger partial charge in [0, 0.05) is 5.54 Å². The number of nitrogens with one attached hydrogen (secondary N) is 1. The number of rotatable bonds is 2. The summed E-state index contributed by atoms with van der Waals surface area (Å²) in [6.45, 7) is 2.31. The fourth-order valence-electron chi connectivity index (χ4n) is 2.68. The molecule has 1 aliphatic carbocycles. The predicted molar refractivity (Wildman–Crippen MR) is 66.4 cm³/mol. The first-order chi connectivity index (χ1) is 7.78. The molecule has 2 aliphatic rings. The van der Waals surface area contributed by atoms with Gasteiger partial charge in [0.2, 0.25) is 0 Å². The van der Waals surface area contributed by atoms with Crippen LogP contribution in [0.5, 0.6) is 0 Å². The third-order valence-corrected chi connectivity index (χ3v) is 4.06. The molecule has 0 bridgehead atoms. The first kappa shape index (κ1) is 10.3. The molecule has 0 atom stereocenters. The van der Waals surface area contributed by atoms with Crippen LogP contribution in [0.15, 0.2) is 24.3 Å². The molecule has 0 aromatic heterocycles. The molecular weight excluding hydrogens is 196 g/mol. The van der Waals surface area contributed by atoms with Gasteiger partial charge in [-0.2, -0.15) is 0 Å². The van der Waals surface area contributed by atoms with Gasteiger partial charge < -0.3 is 11.1 Å². The third kappa shape index (κ3) is 1.87.